The normalized spacial score (nSPS) is 13.9. The lowest BCUT2D eigenvalue weighted by Crippen LogP contribution is -2.44. The SMILES string of the molecule is CCCC(CCC)NC(CC(C)C)CN(C)C. The highest BCUT2D eigenvalue weighted by molar-refractivity contribution is 4.77. The Balaban J connectivity index is 4.24. The van der Waals surface area contributed by atoms with Crippen LogP contribution in [-0.4, -0.2) is 37.6 Å². The van der Waals surface area contributed by atoms with Gasteiger partial charge in [0.05, 0.1) is 0 Å². The van der Waals surface area contributed by atoms with E-state index in [0.717, 1.165) is 12.5 Å². The summed E-state index contributed by atoms with van der Waals surface area (Å²) >= 11 is 0. The molecule has 1 N–H and O–H groups in total. The molecular formula is C15H34N2. The summed E-state index contributed by atoms with van der Waals surface area (Å²) in [6.07, 6.45) is 6.48. The lowest BCUT2D eigenvalue weighted by atomic mass is 10.00. The van der Waals surface area contributed by atoms with Gasteiger partial charge < -0.3 is 10.2 Å². The molecule has 0 heterocycles. The third-order valence-corrected chi connectivity index (χ3v) is 3.09. The molecule has 1 unspecified atom stereocenters. The van der Waals surface area contributed by atoms with Crippen LogP contribution in [0.15, 0.2) is 0 Å². The number of nitrogens with zero attached hydrogens (tertiary/aromatic N) is 1. The van der Waals surface area contributed by atoms with Crippen LogP contribution in [0, 0.1) is 5.92 Å². The number of hydrogen-bond donors (Lipinski definition) is 1. The molecule has 0 aliphatic rings. The van der Waals surface area contributed by atoms with Crippen LogP contribution in [0.4, 0.5) is 0 Å². The zero-order valence-corrected chi connectivity index (χ0v) is 12.9. The average molecular weight is 242 g/mol. The van der Waals surface area contributed by atoms with Gasteiger partial charge in [-0.25, -0.2) is 0 Å². The summed E-state index contributed by atoms with van der Waals surface area (Å²) in [7, 11) is 4.34. The van der Waals surface area contributed by atoms with Crippen LogP contribution in [0.3, 0.4) is 0 Å². The monoisotopic (exact) mass is 242 g/mol. The Morgan fingerprint density at radius 2 is 1.47 bits per heavy atom. The van der Waals surface area contributed by atoms with E-state index in [-0.39, 0.29) is 0 Å². The van der Waals surface area contributed by atoms with E-state index in [9.17, 15) is 0 Å². The van der Waals surface area contributed by atoms with Crippen LogP contribution in [-0.2, 0) is 0 Å². The van der Waals surface area contributed by atoms with Gasteiger partial charge in [-0.2, -0.15) is 0 Å². The van der Waals surface area contributed by atoms with E-state index < -0.39 is 0 Å². The summed E-state index contributed by atoms with van der Waals surface area (Å²) in [4.78, 5) is 2.30. The van der Waals surface area contributed by atoms with Crippen molar-refractivity contribution in [2.75, 3.05) is 20.6 Å². The highest BCUT2D eigenvalue weighted by Gasteiger charge is 2.16. The average Bonchev–Trinajstić information content (AvgIpc) is 2.15. The van der Waals surface area contributed by atoms with Crippen molar-refractivity contribution in [2.45, 2.75) is 71.9 Å². The first-order valence-electron chi connectivity index (χ1n) is 7.40. The second-order valence-corrected chi connectivity index (χ2v) is 6.03. The fourth-order valence-electron chi connectivity index (χ4n) is 2.55. The molecule has 2 nitrogen and oxygen atoms in total. The molecule has 1 atom stereocenters. The minimum atomic E-state index is 0.646. The largest absolute Gasteiger partial charge is 0.310 e. The van der Waals surface area contributed by atoms with Crippen LogP contribution < -0.4 is 5.32 Å². The first-order valence-corrected chi connectivity index (χ1v) is 7.40. The Bertz CT molecular complexity index is 150. The molecule has 0 saturated carbocycles. The lowest BCUT2D eigenvalue weighted by Gasteiger charge is -2.29. The first kappa shape index (κ1) is 16.9. The molecule has 17 heavy (non-hydrogen) atoms. The van der Waals surface area contributed by atoms with Gasteiger partial charge in [0.25, 0.3) is 0 Å². The van der Waals surface area contributed by atoms with Gasteiger partial charge in [0.1, 0.15) is 0 Å². The van der Waals surface area contributed by atoms with Crippen molar-refractivity contribution in [1.29, 1.82) is 0 Å². The predicted molar refractivity (Wildman–Crippen MR) is 78.5 cm³/mol. The van der Waals surface area contributed by atoms with Crippen LogP contribution in [0.5, 0.6) is 0 Å². The molecule has 0 rings (SSSR count). The maximum atomic E-state index is 3.88. The Kier molecular flexibility index (Phi) is 9.85. The van der Waals surface area contributed by atoms with Crippen molar-refractivity contribution in [3.63, 3.8) is 0 Å². The predicted octanol–water partition coefficient (Wildman–Crippen LogP) is 3.52. The van der Waals surface area contributed by atoms with Crippen molar-refractivity contribution >= 4 is 0 Å². The maximum absolute atomic E-state index is 3.88. The van der Waals surface area contributed by atoms with E-state index in [2.05, 4.69) is 52.0 Å². The van der Waals surface area contributed by atoms with Crippen LogP contribution >= 0.6 is 0 Å². The lowest BCUT2D eigenvalue weighted by molar-refractivity contribution is 0.274. The zero-order valence-electron chi connectivity index (χ0n) is 12.9. The van der Waals surface area contributed by atoms with Crippen molar-refractivity contribution in [1.82, 2.24) is 10.2 Å². The van der Waals surface area contributed by atoms with E-state index >= 15 is 0 Å². The molecule has 0 radical (unpaired) electrons. The molecule has 2 heteroatoms. The van der Waals surface area contributed by atoms with Gasteiger partial charge >= 0.3 is 0 Å². The number of likely N-dealkylation sites (N-methyl/N-ethyl adjacent to an activating group) is 1. The molecule has 104 valence electrons. The van der Waals surface area contributed by atoms with Crippen molar-refractivity contribution in [3.8, 4) is 0 Å². The molecule has 0 aromatic heterocycles. The Hall–Kier alpha value is -0.0800. The Labute approximate surface area is 109 Å². The van der Waals surface area contributed by atoms with E-state index in [1.807, 2.05) is 0 Å². The number of rotatable bonds is 10. The molecule has 0 saturated heterocycles. The fourth-order valence-corrected chi connectivity index (χ4v) is 2.55. The maximum Gasteiger partial charge on any atom is 0.0199 e. The summed E-state index contributed by atoms with van der Waals surface area (Å²) in [6.45, 7) is 10.4. The fraction of sp³-hybridized carbons (Fsp3) is 1.00. The molecular weight excluding hydrogens is 208 g/mol. The summed E-state index contributed by atoms with van der Waals surface area (Å²) in [5.74, 6) is 0.774. The minimum absolute atomic E-state index is 0.646. The topological polar surface area (TPSA) is 15.3 Å². The standard InChI is InChI=1S/C15H34N2/c1-7-9-14(10-8-2)16-15(11-13(3)4)12-17(5)6/h13-16H,7-12H2,1-6H3. The molecule has 0 aromatic rings. The third kappa shape index (κ3) is 9.61. The highest BCUT2D eigenvalue weighted by Crippen LogP contribution is 2.11. The Morgan fingerprint density at radius 1 is 0.941 bits per heavy atom. The van der Waals surface area contributed by atoms with Gasteiger partial charge in [-0.1, -0.05) is 40.5 Å². The Morgan fingerprint density at radius 3 is 1.82 bits per heavy atom. The van der Waals surface area contributed by atoms with Gasteiger partial charge in [0.2, 0.25) is 0 Å². The van der Waals surface area contributed by atoms with E-state index in [0.29, 0.717) is 12.1 Å². The van der Waals surface area contributed by atoms with Crippen molar-refractivity contribution < 1.29 is 0 Å². The molecule has 0 spiro atoms. The van der Waals surface area contributed by atoms with Gasteiger partial charge in [-0.15, -0.1) is 0 Å². The summed E-state index contributed by atoms with van der Waals surface area (Å²) in [5, 5.41) is 3.88. The second-order valence-electron chi connectivity index (χ2n) is 6.03. The van der Waals surface area contributed by atoms with Crippen molar-refractivity contribution in [2.24, 2.45) is 5.92 Å². The molecule has 0 aliphatic heterocycles. The van der Waals surface area contributed by atoms with Gasteiger partial charge in [-0.05, 0) is 39.3 Å². The molecule has 0 bridgehead atoms. The molecule has 0 aliphatic carbocycles. The molecule has 0 amide bonds. The quantitative estimate of drug-likeness (QED) is 0.630. The second kappa shape index (κ2) is 9.90. The van der Waals surface area contributed by atoms with Gasteiger partial charge in [0, 0.05) is 18.6 Å². The van der Waals surface area contributed by atoms with E-state index in [4.69, 9.17) is 0 Å². The molecule has 0 fully saturated rings. The summed E-state index contributed by atoms with van der Waals surface area (Å²) in [5.41, 5.74) is 0. The number of nitrogens with one attached hydrogen (secondary N) is 1. The van der Waals surface area contributed by atoms with Gasteiger partial charge in [0.15, 0.2) is 0 Å². The van der Waals surface area contributed by atoms with Crippen LogP contribution in [0.25, 0.3) is 0 Å². The minimum Gasteiger partial charge on any atom is -0.310 e. The smallest absolute Gasteiger partial charge is 0.0199 e. The number of hydrogen-bond acceptors (Lipinski definition) is 2. The highest BCUT2D eigenvalue weighted by atomic mass is 15.1. The molecule has 0 aromatic carbocycles. The van der Waals surface area contributed by atoms with Crippen LogP contribution in [0.2, 0.25) is 0 Å². The summed E-state index contributed by atoms with van der Waals surface area (Å²) < 4.78 is 0. The zero-order chi connectivity index (χ0) is 13.3. The third-order valence-electron chi connectivity index (χ3n) is 3.09. The van der Waals surface area contributed by atoms with E-state index in [1.165, 1.54) is 32.1 Å². The van der Waals surface area contributed by atoms with Crippen LogP contribution in [0.1, 0.15) is 59.8 Å². The van der Waals surface area contributed by atoms with E-state index in [1.54, 1.807) is 0 Å². The van der Waals surface area contributed by atoms with Crippen molar-refractivity contribution in [3.05, 3.63) is 0 Å². The first-order chi connectivity index (χ1) is 7.99. The summed E-state index contributed by atoms with van der Waals surface area (Å²) in [6, 6.07) is 1.36. The van der Waals surface area contributed by atoms with Gasteiger partial charge in [-0.3, -0.25) is 0 Å².